The molecule has 4 saturated heterocycles. The lowest BCUT2D eigenvalue weighted by molar-refractivity contribution is -0.349. The lowest BCUT2D eigenvalue weighted by Crippen LogP contribution is -2.68. The molecular formula is C53H88O22. The Morgan fingerprint density at radius 1 is 0.533 bits per heavy atom. The van der Waals surface area contributed by atoms with Gasteiger partial charge in [0.2, 0.25) is 0 Å². The van der Waals surface area contributed by atoms with Crippen LogP contribution < -0.4 is 0 Å². The monoisotopic (exact) mass is 1080 g/mol. The molecule has 4 heterocycles. The number of hydrogen-bond acceptors (Lipinski definition) is 22. The van der Waals surface area contributed by atoms with Crippen LogP contribution in [0.1, 0.15) is 106 Å². The number of hydrogen-bond donors (Lipinski definition) is 14. The maximum Gasteiger partial charge on any atom is 0.186 e. The molecule has 0 radical (unpaired) electrons. The van der Waals surface area contributed by atoms with Gasteiger partial charge in [-0.15, -0.1) is 0 Å². The Kier molecular flexibility index (Phi) is 16.6. The van der Waals surface area contributed by atoms with E-state index in [1.807, 2.05) is 0 Å². The third-order valence-electron chi connectivity index (χ3n) is 21.2. The third-order valence-corrected chi connectivity index (χ3v) is 21.2. The van der Waals surface area contributed by atoms with Crippen molar-refractivity contribution in [1.29, 1.82) is 0 Å². The summed E-state index contributed by atoms with van der Waals surface area (Å²) < 4.78 is 48.0. The predicted octanol–water partition coefficient (Wildman–Crippen LogP) is -1.95. The molecule has 14 N–H and O–H groups in total. The van der Waals surface area contributed by atoms with Crippen LogP contribution in [-0.4, -0.2) is 233 Å². The zero-order valence-electron chi connectivity index (χ0n) is 44.4. The highest BCUT2D eigenvalue weighted by Crippen LogP contribution is 2.76. The van der Waals surface area contributed by atoms with Gasteiger partial charge in [-0.3, -0.25) is 0 Å². The van der Waals surface area contributed by atoms with Crippen molar-refractivity contribution in [2.24, 2.45) is 50.2 Å². The second-order valence-corrected chi connectivity index (χ2v) is 26.1. The predicted molar refractivity (Wildman–Crippen MR) is 258 cm³/mol. The fourth-order valence-corrected chi connectivity index (χ4v) is 16.3. The van der Waals surface area contributed by atoms with Gasteiger partial charge in [0.25, 0.3) is 0 Å². The molecule has 0 aromatic rings. The van der Waals surface area contributed by atoms with Gasteiger partial charge in [0.05, 0.1) is 45.2 Å². The van der Waals surface area contributed by atoms with Gasteiger partial charge < -0.3 is 109 Å². The number of allylic oxidation sites excluding steroid dienone is 2. The Labute approximate surface area is 438 Å². The summed E-state index contributed by atoms with van der Waals surface area (Å²) in [4.78, 5) is 0. The van der Waals surface area contributed by atoms with Crippen molar-refractivity contribution >= 4 is 0 Å². The molecule has 4 aliphatic heterocycles. The molecule has 0 amide bonds. The summed E-state index contributed by atoms with van der Waals surface area (Å²) in [6.07, 6.45) is -21.4. The van der Waals surface area contributed by atoms with Crippen LogP contribution in [-0.2, 0) is 37.9 Å². The number of fused-ring (bicyclic) bond motifs is 7. The van der Waals surface area contributed by atoms with Crippen LogP contribution in [0, 0.1) is 50.2 Å². The van der Waals surface area contributed by atoms with E-state index in [2.05, 4.69) is 54.5 Å². The minimum atomic E-state index is -1.80. The first-order valence-corrected chi connectivity index (χ1v) is 27.3. The van der Waals surface area contributed by atoms with Gasteiger partial charge in [-0.05, 0) is 103 Å². The van der Waals surface area contributed by atoms with Crippen LogP contribution in [0.3, 0.4) is 0 Å². The fourth-order valence-electron chi connectivity index (χ4n) is 16.3. The molecule has 28 atom stereocenters. The topological polar surface area (TPSA) is 357 Å². The molecule has 9 rings (SSSR count). The van der Waals surface area contributed by atoms with E-state index in [4.69, 9.17) is 37.9 Å². The molecule has 4 saturated carbocycles. The molecule has 75 heavy (non-hydrogen) atoms. The van der Waals surface area contributed by atoms with Crippen molar-refractivity contribution in [3.05, 3.63) is 11.6 Å². The van der Waals surface area contributed by atoms with E-state index in [0.29, 0.717) is 19.3 Å². The quantitative estimate of drug-likeness (QED) is 0.0746. The Balaban J connectivity index is 0.899. The molecule has 22 nitrogen and oxygen atoms in total. The zero-order valence-corrected chi connectivity index (χ0v) is 44.4. The lowest BCUT2D eigenvalue weighted by atomic mass is 9.33. The van der Waals surface area contributed by atoms with Crippen molar-refractivity contribution < 1.29 is 109 Å². The molecule has 0 aromatic carbocycles. The molecule has 9 aliphatic rings. The minimum absolute atomic E-state index is 0.0337. The van der Waals surface area contributed by atoms with Gasteiger partial charge in [-0.1, -0.05) is 60.1 Å². The van der Waals surface area contributed by atoms with E-state index in [1.54, 1.807) is 0 Å². The Hall–Kier alpha value is -1.14. The van der Waals surface area contributed by atoms with E-state index in [1.165, 1.54) is 5.57 Å². The number of ether oxygens (including phenoxy) is 8. The van der Waals surface area contributed by atoms with E-state index >= 15 is 0 Å². The van der Waals surface area contributed by atoms with Crippen LogP contribution in [0.4, 0.5) is 0 Å². The second kappa shape index (κ2) is 21.3. The summed E-state index contributed by atoms with van der Waals surface area (Å²) in [5, 5.41) is 150. The van der Waals surface area contributed by atoms with Gasteiger partial charge in [0.15, 0.2) is 25.2 Å². The van der Waals surface area contributed by atoms with Crippen molar-refractivity contribution in [1.82, 2.24) is 0 Å². The number of aliphatic hydroxyl groups excluding tert-OH is 14. The molecule has 0 aromatic heterocycles. The maximum absolute atomic E-state index is 11.6. The van der Waals surface area contributed by atoms with Gasteiger partial charge in [-0.2, -0.15) is 0 Å². The SMILES string of the molecule is CC1(C)CC[C@]2(CO)[C@@H](O[C@@H]3O[C@H](CO)[C@@H](O)[C@H](O)[C@H]3O)C[C@]3(C)C(=CC[C@@H]4[C@@]5(C)CC[C@H](O[C@@H]6O[C@H](CO[C@@H]7O[C@H](CO[C@@H]8OC[C@@H](O)[C@H](O)[C@H]8O)[C@@H](O)[C@H](O)[C@H]7O)[C@@H](O)[C@H](O)[C@H]6O)C(C)(C)C5CC[C@]43C)[C@@H]2C1. The van der Waals surface area contributed by atoms with Crippen LogP contribution >= 0.6 is 0 Å². The van der Waals surface area contributed by atoms with Crippen molar-refractivity contribution in [2.45, 2.75) is 235 Å². The van der Waals surface area contributed by atoms with E-state index in [0.717, 1.165) is 38.5 Å². The third kappa shape index (κ3) is 9.73. The smallest absolute Gasteiger partial charge is 0.186 e. The molecule has 22 heteroatoms. The van der Waals surface area contributed by atoms with Crippen LogP contribution in [0.2, 0.25) is 0 Å². The second-order valence-electron chi connectivity index (χ2n) is 26.1. The van der Waals surface area contributed by atoms with Gasteiger partial charge >= 0.3 is 0 Å². The molecular weight excluding hydrogens is 989 g/mol. The van der Waals surface area contributed by atoms with Crippen LogP contribution in [0.15, 0.2) is 11.6 Å². The van der Waals surface area contributed by atoms with Gasteiger partial charge in [0, 0.05) is 5.41 Å². The first-order chi connectivity index (χ1) is 35.1. The van der Waals surface area contributed by atoms with Crippen LogP contribution in [0.25, 0.3) is 0 Å². The van der Waals surface area contributed by atoms with E-state index in [-0.39, 0.29) is 47.2 Å². The number of aliphatic hydroxyl groups is 14. The highest BCUT2D eigenvalue weighted by molar-refractivity contribution is 5.35. The summed E-state index contributed by atoms with van der Waals surface area (Å²) in [5.41, 5.74) is -0.875. The maximum atomic E-state index is 11.6. The van der Waals surface area contributed by atoms with Crippen LogP contribution in [0.5, 0.6) is 0 Å². The summed E-state index contributed by atoms with van der Waals surface area (Å²) in [5.74, 6) is 0.228. The standard InChI is InChI=1S/C53H88O22/c1-48(2)14-15-53(22-55)24(16-48)23-8-9-30-50(5)12-11-31(49(3,4)29(50)10-13-51(30,6)52(23,7)17-32(53)75-46-42(66)37(61)34(58)26(18-54)71-46)74-47-43(67)39(63)36(60)28(73-47)21-70-45-41(65)38(62)35(59)27(72-45)20-69-44-40(64)33(57)25(56)19-68-44/h8,24-47,54-67H,9-22H2,1-7H3/t24-,25+,26+,27+,28+,29?,30+,31-,32-,33-,34+,35+,36+,37-,38-,39-,40+,41+,42+,43+,44-,45+,46-,47-,50-,51+,52+,53+/m0/s1. The average Bonchev–Trinajstić information content (AvgIpc) is 3.36. The van der Waals surface area contributed by atoms with Gasteiger partial charge in [0.1, 0.15) is 91.6 Å². The lowest BCUT2D eigenvalue weighted by Gasteiger charge is -2.72. The molecule has 0 bridgehead atoms. The minimum Gasteiger partial charge on any atom is -0.396 e. The molecule has 432 valence electrons. The first kappa shape index (κ1) is 58.5. The Morgan fingerprint density at radius 3 is 1.67 bits per heavy atom. The summed E-state index contributed by atoms with van der Waals surface area (Å²) in [7, 11) is 0. The Bertz CT molecular complexity index is 2010. The zero-order chi connectivity index (χ0) is 54.7. The summed E-state index contributed by atoms with van der Waals surface area (Å²) in [6.45, 7) is 13.8. The molecule has 0 spiro atoms. The fraction of sp³-hybridized carbons (Fsp3) is 0.962. The normalized spacial score (nSPS) is 54.7. The van der Waals surface area contributed by atoms with E-state index < -0.39 is 165 Å². The highest BCUT2D eigenvalue weighted by atomic mass is 16.7. The molecule has 1 unspecified atom stereocenters. The van der Waals surface area contributed by atoms with E-state index in [9.17, 15) is 71.5 Å². The van der Waals surface area contributed by atoms with Crippen molar-refractivity contribution in [3.8, 4) is 0 Å². The molecule has 5 aliphatic carbocycles. The number of rotatable bonds is 12. The van der Waals surface area contributed by atoms with Gasteiger partial charge in [-0.25, -0.2) is 0 Å². The molecule has 8 fully saturated rings. The summed E-state index contributed by atoms with van der Waals surface area (Å²) in [6, 6.07) is 0. The highest BCUT2D eigenvalue weighted by Gasteiger charge is 2.71. The van der Waals surface area contributed by atoms with Crippen molar-refractivity contribution in [2.75, 3.05) is 33.0 Å². The largest absolute Gasteiger partial charge is 0.396 e. The summed E-state index contributed by atoms with van der Waals surface area (Å²) >= 11 is 0. The van der Waals surface area contributed by atoms with Crippen molar-refractivity contribution in [3.63, 3.8) is 0 Å². The first-order valence-electron chi connectivity index (χ1n) is 27.3. The Morgan fingerprint density at radius 2 is 1.07 bits per heavy atom. The average molecular weight is 1080 g/mol.